The minimum atomic E-state index is -0.159. The molecule has 1 aromatic heterocycles. The number of hydrogen-bond donors (Lipinski definition) is 1. The van der Waals surface area contributed by atoms with Crippen molar-refractivity contribution in [1.29, 1.82) is 10.5 Å². The fourth-order valence-corrected chi connectivity index (χ4v) is 5.27. The number of anilines is 1. The second-order valence-electron chi connectivity index (χ2n) is 10.5. The van der Waals surface area contributed by atoms with Crippen LogP contribution in [0.25, 0.3) is 0 Å². The van der Waals surface area contributed by atoms with Crippen molar-refractivity contribution in [3.8, 4) is 12.1 Å². The smallest absolute Gasteiger partial charge is 0.224 e. The molecule has 1 aliphatic heterocycles. The van der Waals surface area contributed by atoms with Crippen molar-refractivity contribution in [3.05, 3.63) is 58.5 Å². The molecular weight excluding hydrogens is 480 g/mol. The highest BCUT2D eigenvalue weighted by Crippen LogP contribution is 2.33. The standard InChI is InChI=1S/C29H37N6OS/c1-6-23-24(17-30)27(35-13-7-12-34(5)14-15-35)33-28(25(23)18-31)37-20-22-10-8-21(9-11-22)19-32-26(36)16-29(2,3)4/h8-11,16H,6-7,12-15,19-20H2,1-5H3,(H,32,36). The number of rotatable bonds is 8. The van der Waals surface area contributed by atoms with Gasteiger partial charge in [-0.25, -0.2) is 4.98 Å². The molecule has 0 atom stereocenters. The predicted molar refractivity (Wildman–Crippen MR) is 149 cm³/mol. The summed E-state index contributed by atoms with van der Waals surface area (Å²) in [6.45, 7) is 12.0. The molecule has 2 aromatic rings. The number of thioether (sulfide) groups is 1. The van der Waals surface area contributed by atoms with Crippen LogP contribution >= 0.6 is 11.8 Å². The summed E-state index contributed by atoms with van der Waals surface area (Å²) in [5, 5.41) is 23.6. The lowest BCUT2D eigenvalue weighted by molar-refractivity contribution is -0.119. The van der Waals surface area contributed by atoms with Crippen LogP contribution in [-0.4, -0.2) is 49.0 Å². The van der Waals surface area contributed by atoms with Crippen LogP contribution in [0.3, 0.4) is 0 Å². The molecule has 0 saturated carbocycles. The van der Waals surface area contributed by atoms with Gasteiger partial charge in [-0.15, -0.1) is 11.8 Å². The van der Waals surface area contributed by atoms with E-state index in [-0.39, 0.29) is 11.3 Å². The van der Waals surface area contributed by atoms with E-state index < -0.39 is 0 Å². The number of nitrogens with one attached hydrogen (secondary N) is 1. The van der Waals surface area contributed by atoms with Crippen LogP contribution in [0, 0.1) is 34.5 Å². The molecule has 2 heterocycles. The minimum absolute atomic E-state index is 0.0679. The molecule has 0 spiro atoms. The molecule has 1 aromatic carbocycles. The lowest BCUT2D eigenvalue weighted by Gasteiger charge is -2.25. The molecule has 7 nitrogen and oxygen atoms in total. The molecule has 1 aliphatic rings. The van der Waals surface area contributed by atoms with E-state index in [0.29, 0.717) is 40.7 Å². The summed E-state index contributed by atoms with van der Waals surface area (Å²) >= 11 is 1.53. The zero-order valence-electron chi connectivity index (χ0n) is 22.6. The highest BCUT2D eigenvalue weighted by atomic mass is 32.2. The SMILES string of the molecule is CCc1c(C#N)c(SCc2ccc(CNC(=O)[CH]C(C)(C)C)cc2)nc(N2CCCN(C)CC2)c1C#N. The Morgan fingerprint density at radius 1 is 1.08 bits per heavy atom. The van der Waals surface area contributed by atoms with E-state index in [4.69, 9.17) is 4.98 Å². The van der Waals surface area contributed by atoms with E-state index >= 15 is 0 Å². The molecule has 195 valence electrons. The Kier molecular flexibility index (Phi) is 9.97. The third kappa shape index (κ3) is 7.95. The predicted octanol–water partition coefficient (Wildman–Crippen LogP) is 4.69. The topological polar surface area (TPSA) is 96.0 Å². The van der Waals surface area contributed by atoms with Gasteiger partial charge in [-0.3, -0.25) is 4.79 Å². The van der Waals surface area contributed by atoms with Gasteiger partial charge in [0.05, 0.1) is 17.5 Å². The molecule has 1 fully saturated rings. The van der Waals surface area contributed by atoms with Gasteiger partial charge in [-0.05, 0) is 48.5 Å². The van der Waals surface area contributed by atoms with E-state index in [1.54, 1.807) is 6.42 Å². The van der Waals surface area contributed by atoms with Gasteiger partial charge in [-0.2, -0.15) is 10.5 Å². The van der Waals surface area contributed by atoms with Crippen LogP contribution in [0.15, 0.2) is 29.3 Å². The van der Waals surface area contributed by atoms with Crippen LogP contribution in [0.5, 0.6) is 0 Å². The van der Waals surface area contributed by atoms with E-state index in [1.165, 1.54) is 11.8 Å². The Hall–Kier alpha value is -3.07. The molecule has 37 heavy (non-hydrogen) atoms. The fourth-order valence-electron chi connectivity index (χ4n) is 4.31. The molecular formula is C29H37N6OS. The number of nitrogens with zero attached hydrogens (tertiary/aromatic N) is 5. The van der Waals surface area contributed by atoms with Gasteiger partial charge in [0, 0.05) is 31.9 Å². The first-order valence-electron chi connectivity index (χ1n) is 12.8. The molecule has 1 amide bonds. The first-order valence-corrected chi connectivity index (χ1v) is 13.8. The monoisotopic (exact) mass is 517 g/mol. The Balaban J connectivity index is 1.76. The molecule has 0 unspecified atom stereocenters. The maximum Gasteiger partial charge on any atom is 0.224 e. The van der Waals surface area contributed by atoms with Gasteiger partial charge in [-0.1, -0.05) is 52.0 Å². The number of likely N-dealkylation sites (N-methyl/N-ethyl adjacent to an activating group) is 1. The number of nitriles is 2. The number of amides is 1. The van der Waals surface area contributed by atoms with Gasteiger partial charge in [0.2, 0.25) is 5.91 Å². The number of aromatic nitrogens is 1. The molecule has 1 N–H and O–H groups in total. The Bertz CT molecular complexity index is 1170. The summed E-state index contributed by atoms with van der Waals surface area (Å²) in [4.78, 5) is 21.5. The van der Waals surface area contributed by atoms with Crippen molar-refractivity contribution < 1.29 is 4.79 Å². The molecule has 8 heteroatoms. The summed E-state index contributed by atoms with van der Waals surface area (Å²) in [6.07, 6.45) is 3.31. The highest BCUT2D eigenvalue weighted by molar-refractivity contribution is 7.98. The molecule has 1 saturated heterocycles. The zero-order valence-corrected chi connectivity index (χ0v) is 23.4. The molecule has 0 bridgehead atoms. The molecule has 0 aliphatic carbocycles. The van der Waals surface area contributed by atoms with Gasteiger partial charge >= 0.3 is 0 Å². The quantitative estimate of drug-likeness (QED) is 0.508. The second kappa shape index (κ2) is 12.9. The molecule has 1 radical (unpaired) electrons. The fraction of sp³-hybridized carbons (Fsp3) is 0.483. The van der Waals surface area contributed by atoms with Crippen LogP contribution in [0.2, 0.25) is 0 Å². The number of hydrogen-bond acceptors (Lipinski definition) is 7. The minimum Gasteiger partial charge on any atom is -0.354 e. The maximum absolute atomic E-state index is 12.1. The van der Waals surface area contributed by atoms with Gasteiger partial charge in [0.1, 0.15) is 23.0 Å². The van der Waals surface area contributed by atoms with Crippen molar-refractivity contribution >= 4 is 23.5 Å². The van der Waals surface area contributed by atoms with E-state index in [1.807, 2.05) is 52.0 Å². The largest absolute Gasteiger partial charge is 0.354 e. The zero-order chi connectivity index (χ0) is 27.0. The lowest BCUT2D eigenvalue weighted by Crippen LogP contribution is -2.30. The summed E-state index contributed by atoms with van der Waals surface area (Å²) in [5.74, 6) is 1.29. The van der Waals surface area contributed by atoms with E-state index in [2.05, 4.69) is 34.3 Å². The van der Waals surface area contributed by atoms with Crippen molar-refractivity contribution in [3.63, 3.8) is 0 Å². The Morgan fingerprint density at radius 2 is 1.76 bits per heavy atom. The summed E-state index contributed by atoms with van der Waals surface area (Å²) in [7, 11) is 2.11. The average molecular weight is 518 g/mol. The maximum atomic E-state index is 12.1. The van der Waals surface area contributed by atoms with Gasteiger partial charge < -0.3 is 15.1 Å². The van der Waals surface area contributed by atoms with E-state index in [9.17, 15) is 15.3 Å². The Morgan fingerprint density at radius 3 is 2.38 bits per heavy atom. The summed E-state index contributed by atoms with van der Waals surface area (Å²) in [6, 6.07) is 12.8. The highest BCUT2D eigenvalue weighted by Gasteiger charge is 2.24. The first kappa shape index (κ1) is 28.5. The van der Waals surface area contributed by atoms with Gasteiger partial charge in [0.25, 0.3) is 0 Å². The Labute approximate surface area is 225 Å². The van der Waals surface area contributed by atoms with Crippen molar-refractivity contribution in [1.82, 2.24) is 15.2 Å². The molecule has 3 rings (SSSR count). The number of carbonyl (C=O) groups is 1. The summed E-state index contributed by atoms with van der Waals surface area (Å²) in [5.41, 5.74) is 3.80. The van der Waals surface area contributed by atoms with Crippen molar-refractivity contribution in [2.24, 2.45) is 5.41 Å². The second-order valence-corrected chi connectivity index (χ2v) is 11.5. The number of pyridine rings is 1. The van der Waals surface area contributed by atoms with Crippen LogP contribution in [-0.2, 0) is 23.5 Å². The van der Waals surface area contributed by atoms with Crippen LogP contribution < -0.4 is 10.2 Å². The number of carbonyl (C=O) groups excluding carboxylic acids is 1. The van der Waals surface area contributed by atoms with Crippen LogP contribution in [0.1, 0.15) is 61.9 Å². The van der Waals surface area contributed by atoms with Gasteiger partial charge in [0.15, 0.2) is 0 Å². The number of benzene rings is 1. The first-order chi connectivity index (χ1) is 17.6. The average Bonchev–Trinajstić information content (AvgIpc) is 3.08. The van der Waals surface area contributed by atoms with Crippen molar-refractivity contribution in [2.45, 2.75) is 57.9 Å². The third-order valence-corrected chi connectivity index (χ3v) is 7.32. The summed E-state index contributed by atoms with van der Waals surface area (Å²) < 4.78 is 0. The van der Waals surface area contributed by atoms with E-state index in [0.717, 1.165) is 49.3 Å². The third-order valence-electron chi connectivity index (χ3n) is 6.27. The normalized spacial score (nSPS) is 14.5. The van der Waals surface area contributed by atoms with Crippen LogP contribution in [0.4, 0.5) is 5.82 Å². The lowest BCUT2D eigenvalue weighted by atomic mass is 9.92. The van der Waals surface area contributed by atoms with Crippen molar-refractivity contribution in [2.75, 3.05) is 38.1 Å².